The summed E-state index contributed by atoms with van der Waals surface area (Å²) in [5.41, 5.74) is 1.50. The molecule has 0 bridgehead atoms. The molecule has 0 fully saturated rings. The van der Waals surface area contributed by atoms with Gasteiger partial charge in [-0.05, 0) is 24.3 Å². The summed E-state index contributed by atoms with van der Waals surface area (Å²) in [6.45, 7) is 1.23. The quantitative estimate of drug-likeness (QED) is 0.840. The molecular formula is C13H12FN3OS. The highest BCUT2D eigenvalue weighted by Gasteiger charge is 2.16. The minimum atomic E-state index is -0.250. The third-order valence-corrected chi connectivity index (χ3v) is 3.96. The fourth-order valence-corrected chi connectivity index (χ4v) is 2.75. The summed E-state index contributed by atoms with van der Waals surface area (Å²) >= 11 is 1.52. The summed E-state index contributed by atoms with van der Waals surface area (Å²) < 4.78 is 12.8. The lowest BCUT2D eigenvalue weighted by Gasteiger charge is -2.03. The molecule has 1 aliphatic heterocycles. The zero-order valence-corrected chi connectivity index (χ0v) is 10.9. The lowest BCUT2D eigenvalue weighted by molar-refractivity contribution is 0.626. The van der Waals surface area contributed by atoms with Gasteiger partial charge in [-0.2, -0.15) is 0 Å². The van der Waals surface area contributed by atoms with E-state index < -0.39 is 0 Å². The predicted octanol–water partition coefficient (Wildman–Crippen LogP) is 1.80. The minimum Gasteiger partial charge on any atom is -0.310 e. The molecule has 0 spiro atoms. The van der Waals surface area contributed by atoms with Crippen molar-refractivity contribution in [1.29, 1.82) is 0 Å². The maximum absolute atomic E-state index is 12.8. The molecule has 0 saturated heterocycles. The second-order valence-corrected chi connectivity index (χ2v) is 5.33. The van der Waals surface area contributed by atoms with Crippen molar-refractivity contribution >= 4 is 11.8 Å². The number of rotatable bonds is 3. The Morgan fingerprint density at radius 1 is 1.26 bits per heavy atom. The van der Waals surface area contributed by atoms with Crippen LogP contribution in [0.2, 0.25) is 0 Å². The first-order valence-corrected chi connectivity index (χ1v) is 6.91. The average Bonchev–Trinajstić information content (AvgIpc) is 2.87. The van der Waals surface area contributed by atoms with Crippen molar-refractivity contribution in [2.45, 2.75) is 23.7 Å². The zero-order valence-electron chi connectivity index (χ0n) is 10.1. The Hall–Kier alpha value is -1.66. The van der Waals surface area contributed by atoms with Gasteiger partial charge in [-0.15, -0.1) is 11.8 Å². The summed E-state index contributed by atoms with van der Waals surface area (Å²) in [5.74, 6) is 0.968. The normalized spacial score (nSPS) is 13.5. The number of fused-ring (bicyclic) bond motifs is 1. The highest BCUT2D eigenvalue weighted by Crippen LogP contribution is 2.21. The van der Waals surface area contributed by atoms with Gasteiger partial charge in [-0.25, -0.2) is 9.37 Å². The Bertz CT molecular complexity index is 654. The largest absolute Gasteiger partial charge is 0.310 e. The molecule has 0 aliphatic carbocycles. The third-order valence-electron chi connectivity index (χ3n) is 2.93. The molecule has 0 unspecified atom stereocenters. The minimum absolute atomic E-state index is 0.0651. The van der Waals surface area contributed by atoms with Crippen molar-refractivity contribution in [2.24, 2.45) is 0 Å². The Kier molecular flexibility index (Phi) is 3.35. The van der Waals surface area contributed by atoms with Crippen LogP contribution in [0.3, 0.4) is 0 Å². The summed E-state index contributed by atoms with van der Waals surface area (Å²) in [5, 5.41) is 3.10. The van der Waals surface area contributed by atoms with Gasteiger partial charge in [-0.3, -0.25) is 4.79 Å². The SMILES string of the molecule is O=c1[nH]c(CSc2ccc(F)cc2)nc2c1CNC2. The maximum Gasteiger partial charge on any atom is 0.255 e. The fraction of sp³-hybridized carbons (Fsp3) is 0.231. The molecule has 2 heterocycles. The molecular weight excluding hydrogens is 265 g/mol. The van der Waals surface area contributed by atoms with Crippen LogP contribution in [0.15, 0.2) is 34.0 Å². The summed E-state index contributed by atoms with van der Waals surface area (Å²) in [4.78, 5) is 20.0. The van der Waals surface area contributed by atoms with Gasteiger partial charge in [0.25, 0.3) is 5.56 Å². The highest BCUT2D eigenvalue weighted by molar-refractivity contribution is 7.98. The molecule has 1 aromatic carbocycles. The van der Waals surface area contributed by atoms with Gasteiger partial charge in [0, 0.05) is 18.0 Å². The van der Waals surface area contributed by atoms with Gasteiger partial charge in [0.1, 0.15) is 11.6 Å². The van der Waals surface area contributed by atoms with Crippen LogP contribution in [-0.2, 0) is 18.8 Å². The molecule has 2 aromatic rings. The van der Waals surface area contributed by atoms with E-state index in [0.29, 0.717) is 24.7 Å². The van der Waals surface area contributed by atoms with Gasteiger partial charge in [-0.1, -0.05) is 0 Å². The number of benzene rings is 1. The number of thioether (sulfide) groups is 1. The number of hydrogen-bond acceptors (Lipinski definition) is 4. The number of H-pyrrole nitrogens is 1. The van der Waals surface area contributed by atoms with Gasteiger partial charge >= 0.3 is 0 Å². The van der Waals surface area contributed by atoms with Crippen molar-refractivity contribution in [3.05, 3.63) is 57.5 Å². The van der Waals surface area contributed by atoms with E-state index in [1.165, 1.54) is 23.9 Å². The van der Waals surface area contributed by atoms with E-state index in [-0.39, 0.29) is 11.4 Å². The fourth-order valence-electron chi connectivity index (χ4n) is 1.98. The van der Waals surface area contributed by atoms with Crippen molar-refractivity contribution < 1.29 is 4.39 Å². The first kappa shape index (κ1) is 12.4. The molecule has 1 aromatic heterocycles. The van der Waals surface area contributed by atoms with Crippen LogP contribution in [0.4, 0.5) is 4.39 Å². The molecule has 19 heavy (non-hydrogen) atoms. The van der Waals surface area contributed by atoms with E-state index in [9.17, 15) is 9.18 Å². The molecule has 1 aliphatic rings. The van der Waals surface area contributed by atoms with Gasteiger partial charge in [0.15, 0.2) is 0 Å². The van der Waals surface area contributed by atoms with Crippen LogP contribution in [0.1, 0.15) is 17.1 Å². The van der Waals surface area contributed by atoms with Crippen LogP contribution >= 0.6 is 11.8 Å². The second kappa shape index (κ2) is 5.14. The number of aromatic nitrogens is 2. The lowest BCUT2D eigenvalue weighted by Crippen LogP contribution is -2.17. The number of nitrogens with one attached hydrogen (secondary N) is 2. The van der Waals surface area contributed by atoms with Crippen LogP contribution in [0.25, 0.3) is 0 Å². The van der Waals surface area contributed by atoms with Gasteiger partial charge in [0.05, 0.1) is 17.0 Å². The Labute approximate surface area is 113 Å². The van der Waals surface area contributed by atoms with E-state index in [2.05, 4.69) is 15.3 Å². The first-order valence-electron chi connectivity index (χ1n) is 5.92. The van der Waals surface area contributed by atoms with Crippen molar-refractivity contribution in [3.63, 3.8) is 0 Å². The standard InChI is InChI=1S/C13H12FN3OS/c14-8-1-3-9(4-2-8)19-7-12-16-11-6-15-5-10(11)13(18)17-12/h1-4,15H,5-7H2,(H,16,17,18). The second-order valence-electron chi connectivity index (χ2n) is 4.28. The predicted molar refractivity (Wildman–Crippen MR) is 71.4 cm³/mol. The van der Waals surface area contributed by atoms with Crippen LogP contribution < -0.4 is 10.9 Å². The topological polar surface area (TPSA) is 57.8 Å². The van der Waals surface area contributed by atoms with Crippen LogP contribution in [0, 0.1) is 5.82 Å². The van der Waals surface area contributed by atoms with Gasteiger partial charge in [0.2, 0.25) is 0 Å². The molecule has 4 nitrogen and oxygen atoms in total. The van der Waals surface area contributed by atoms with E-state index in [0.717, 1.165) is 16.2 Å². The molecule has 0 radical (unpaired) electrons. The van der Waals surface area contributed by atoms with E-state index in [1.54, 1.807) is 12.1 Å². The van der Waals surface area contributed by atoms with E-state index in [4.69, 9.17) is 0 Å². The van der Waals surface area contributed by atoms with Crippen molar-refractivity contribution in [2.75, 3.05) is 0 Å². The zero-order chi connectivity index (χ0) is 13.2. The smallest absolute Gasteiger partial charge is 0.255 e. The van der Waals surface area contributed by atoms with E-state index >= 15 is 0 Å². The third kappa shape index (κ3) is 2.69. The lowest BCUT2D eigenvalue weighted by atomic mass is 10.3. The molecule has 6 heteroatoms. The molecule has 3 rings (SSSR count). The van der Waals surface area contributed by atoms with Crippen molar-refractivity contribution in [3.8, 4) is 0 Å². The Morgan fingerprint density at radius 3 is 2.84 bits per heavy atom. The molecule has 0 saturated carbocycles. The average molecular weight is 277 g/mol. The molecule has 0 atom stereocenters. The monoisotopic (exact) mass is 277 g/mol. The number of nitrogens with zero attached hydrogens (tertiary/aromatic N) is 1. The molecule has 0 amide bonds. The highest BCUT2D eigenvalue weighted by atomic mass is 32.2. The van der Waals surface area contributed by atoms with Crippen LogP contribution in [0.5, 0.6) is 0 Å². The first-order chi connectivity index (χ1) is 9.22. The Balaban J connectivity index is 1.75. The number of halogens is 1. The summed E-state index contributed by atoms with van der Waals surface area (Å²) in [6, 6.07) is 6.27. The van der Waals surface area contributed by atoms with Crippen molar-refractivity contribution in [1.82, 2.24) is 15.3 Å². The number of hydrogen-bond donors (Lipinski definition) is 2. The number of aromatic amines is 1. The molecule has 2 N–H and O–H groups in total. The maximum atomic E-state index is 12.8. The van der Waals surface area contributed by atoms with Crippen LogP contribution in [-0.4, -0.2) is 9.97 Å². The van der Waals surface area contributed by atoms with Gasteiger partial charge < -0.3 is 10.3 Å². The molecule has 98 valence electrons. The Morgan fingerprint density at radius 2 is 2.05 bits per heavy atom. The summed E-state index contributed by atoms with van der Waals surface area (Å²) in [6.07, 6.45) is 0. The van der Waals surface area contributed by atoms with E-state index in [1.807, 2.05) is 0 Å². The summed E-state index contributed by atoms with van der Waals surface area (Å²) in [7, 11) is 0.